The van der Waals surface area contributed by atoms with E-state index >= 15 is 0 Å². The summed E-state index contributed by atoms with van der Waals surface area (Å²) in [5, 5.41) is 13.4. The van der Waals surface area contributed by atoms with E-state index in [0.29, 0.717) is 31.3 Å². The molecule has 0 atom stereocenters. The van der Waals surface area contributed by atoms with Gasteiger partial charge in [-0.05, 0) is 44.4 Å². The molecule has 0 aromatic carbocycles. The predicted octanol–water partition coefficient (Wildman–Crippen LogP) is 2.11. The Hall–Kier alpha value is -2.08. The minimum absolute atomic E-state index is 0.0245. The van der Waals surface area contributed by atoms with Gasteiger partial charge in [-0.3, -0.25) is 9.48 Å². The van der Waals surface area contributed by atoms with Gasteiger partial charge >= 0.3 is 0 Å². The Balaban J connectivity index is 1.64. The third-order valence-corrected chi connectivity index (χ3v) is 4.64. The molecule has 6 heteroatoms. The highest BCUT2D eigenvalue weighted by Gasteiger charge is 2.27. The largest absolute Gasteiger partial charge is 0.456 e. The van der Waals surface area contributed by atoms with Crippen LogP contribution in [0.2, 0.25) is 0 Å². The van der Waals surface area contributed by atoms with Crippen LogP contribution in [0.15, 0.2) is 22.7 Å². The lowest BCUT2D eigenvalue weighted by atomic mass is 9.93. The van der Waals surface area contributed by atoms with Crippen molar-refractivity contribution in [3.05, 3.63) is 41.1 Å². The van der Waals surface area contributed by atoms with Gasteiger partial charge in [0, 0.05) is 30.9 Å². The molecule has 124 valence electrons. The van der Waals surface area contributed by atoms with Crippen LogP contribution in [0.4, 0.5) is 0 Å². The molecule has 3 heterocycles. The number of carbonyl (C=O) groups excluding carboxylic acids is 1. The van der Waals surface area contributed by atoms with E-state index in [1.54, 1.807) is 6.20 Å². The van der Waals surface area contributed by atoms with Gasteiger partial charge in [-0.15, -0.1) is 0 Å². The number of likely N-dealkylation sites (tertiary alicyclic amines) is 1. The van der Waals surface area contributed by atoms with Gasteiger partial charge in [0.15, 0.2) is 5.76 Å². The first-order valence-electron chi connectivity index (χ1n) is 8.09. The van der Waals surface area contributed by atoms with Gasteiger partial charge in [-0.1, -0.05) is 0 Å². The number of rotatable bonds is 4. The molecular formula is C17H23N3O3. The molecule has 2 aromatic heterocycles. The van der Waals surface area contributed by atoms with Crippen LogP contribution in [-0.4, -0.2) is 45.4 Å². The van der Waals surface area contributed by atoms with Crippen molar-refractivity contribution in [3.8, 4) is 0 Å². The number of aliphatic hydroxyl groups is 1. The number of piperidine rings is 1. The minimum Gasteiger partial charge on any atom is -0.456 e. The number of carbonyl (C=O) groups is 1. The molecular weight excluding hydrogens is 294 g/mol. The van der Waals surface area contributed by atoms with E-state index in [1.807, 2.05) is 35.6 Å². The smallest absolute Gasteiger partial charge is 0.289 e. The van der Waals surface area contributed by atoms with Crippen LogP contribution in [0.25, 0.3) is 0 Å². The van der Waals surface area contributed by atoms with Crippen LogP contribution in [0.3, 0.4) is 0 Å². The van der Waals surface area contributed by atoms with Crippen molar-refractivity contribution in [1.82, 2.24) is 14.7 Å². The van der Waals surface area contributed by atoms with Gasteiger partial charge in [-0.2, -0.15) is 5.10 Å². The summed E-state index contributed by atoms with van der Waals surface area (Å²) in [7, 11) is 0. The summed E-state index contributed by atoms with van der Waals surface area (Å²) in [6.07, 6.45) is 3.58. The van der Waals surface area contributed by atoms with Crippen LogP contribution in [0.5, 0.6) is 0 Å². The van der Waals surface area contributed by atoms with Gasteiger partial charge in [-0.25, -0.2) is 0 Å². The lowest BCUT2D eigenvalue weighted by molar-refractivity contribution is 0.0677. The zero-order valence-electron chi connectivity index (χ0n) is 13.7. The normalized spacial score (nSPS) is 16.0. The number of nitrogens with zero attached hydrogens (tertiary/aromatic N) is 3. The zero-order valence-corrected chi connectivity index (χ0v) is 13.7. The topological polar surface area (TPSA) is 71.5 Å². The van der Waals surface area contributed by atoms with E-state index in [9.17, 15) is 4.79 Å². The molecule has 0 radical (unpaired) electrons. The molecule has 1 saturated heterocycles. The summed E-state index contributed by atoms with van der Waals surface area (Å²) in [5.74, 6) is 1.59. The molecule has 0 saturated carbocycles. The highest BCUT2D eigenvalue weighted by atomic mass is 16.4. The number of furan rings is 1. The van der Waals surface area contributed by atoms with Gasteiger partial charge in [0.2, 0.25) is 0 Å². The van der Waals surface area contributed by atoms with Crippen molar-refractivity contribution >= 4 is 5.91 Å². The van der Waals surface area contributed by atoms with E-state index < -0.39 is 0 Å². The third kappa shape index (κ3) is 3.17. The number of aromatic nitrogens is 2. The van der Waals surface area contributed by atoms with E-state index in [0.717, 1.165) is 29.9 Å². The Morgan fingerprint density at radius 3 is 2.74 bits per heavy atom. The second-order valence-corrected chi connectivity index (χ2v) is 6.12. The molecule has 0 unspecified atom stereocenters. The molecule has 0 bridgehead atoms. The number of hydrogen-bond donors (Lipinski definition) is 1. The number of aliphatic hydroxyl groups excluding tert-OH is 1. The summed E-state index contributed by atoms with van der Waals surface area (Å²) in [4.78, 5) is 14.4. The second kappa shape index (κ2) is 6.58. The van der Waals surface area contributed by atoms with Crippen LogP contribution >= 0.6 is 0 Å². The molecule has 2 aromatic rings. The van der Waals surface area contributed by atoms with Gasteiger partial charge in [0.25, 0.3) is 5.91 Å². The first-order valence-corrected chi connectivity index (χ1v) is 8.09. The SMILES string of the molecule is Cc1cc(C(=O)N2CCC(c3ccnn3CCO)CC2)oc1C. The Morgan fingerprint density at radius 2 is 2.13 bits per heavy atom. The predicted molar refractivity (Wildman–Crippen MR) is 85.4 cm³/mol. The maximum absolute atomic E-state index is 12.5. The average Bonchev–Trinajstić information content (AvgIpc) is 3.14. The van der Waals surface area contributed by atoms with Gasteiger partial charge < -0.3 is 14.4 Å². The van der Waals surface area contributed by atoms with Gasteiger partial charge in [0.05, 0.1) is 13.2 Å². The molecule has 1 aliphatic heterocycles. The van der Waals surface area contributed by atoms with E-state index in [2.05, 4.69) is 5.10 Å². The number of hydrogen-bond acceptors (Lipinski definition) is 4. The van der Waals surface area contributed by atoms with E-state index in [-0.39, 0.29) is 12.5 Å². The summed E-state index contributed by atoms with van der Waals surface area (Å²) in [6.45, 7) is 5.86. The fourth-order valence-electron chi connectivity index (χ4n) is 3.18. The molecule has 6 nitrogen and oxygen atoms in total. The molecule has 1 fully saturated rings. The highest BCUT2D eigenvalue weighted by molar-refractivity contribution is 5.91. The monoisotopic (exact) mass is 317 g/mol. The summed E-state index contributed by atoms with van der Waals surface area (Å²) in [5.41, 5.74) is 2.16. The zero-order chi connectivity index (χ0) is 16.4. The highest BCUT2D eigenvalue weighted by Crippen LogP contribution is 2.29. The molecule has 0 aliphatic carbocycles. The third-order valence-electron chi connectivity index (χ3n) is 4.64. The molecule has 1 amide bonds. The average molecular weight is 317 g/mol. The van der Waals surface area contributed by atoms with Crippen molar-refractivity contribution < 1.29 is 14.3 Å². The second-order valence-electron chi connectivity index (χ2n) is 6.12. The Morgan fingerprint density at radius 1 is 1.39 bits per heavy atom. The summed E-state index contributed by atoms with van der Waals surface area (Å²) < 4.78 is 7.41. The molecule has 3 rings (SSSR count). The number of amides is 1. The fraction of sp³-hybridized carbons (Fsp3) is 0.529. The molecule has 1 aliphatic rings. The number of aryl methyl sites for hydroxylation is 2. The van der Waals surface area contributed by atoms with E-state index in [4.69, 9.17) is 9.52 Å². The first-order chi connectivity index (χ1) is 11.1. The maximum Gasteiger partial charge on any atom is 0.289 e. The van der Waals surface area contributed by atoms with Crippen molar-refractivity contribution in [2.75, 3.05) is 19.7 Å². The van der Waals surface area contributed by atoms with Gasteiger partial charge in [0.1, 0.15) is 5.76 Å². The summed E-state index contributed by atoms with van der Waals surface area (Å²) >= 11 is 0. The van der Waals surface area contributed by atoms with Crippen LogP contribution in [0, 0.1) is 13.8 Å². The molecule has 1 N–H and O–H groups in total. The Labute approximate surface area is 135 Å². The van der Waals surface area contributed by atoms with E-state index in [1.165, 1.54) is 0 Å². The first kappa shape index (κ1) is 15.8. The minimum atomic E-state index is -0.0245. The van der Waals surface area contributed by atoms with Crippen molar-refractivity contribution in [2.45, 2.75) is 39.2 Å². The standard InChI is InChI=1S/C17H23N3O3/c1-12-11-16(23-13(12)2)17(22)19-7-4-14(5-8-19)15-3-6-18-20(15)9-10-21/h3,6,11,14,21H,4-5,7-10H2,1-2H3. The lowest BCUT2D eigenvalue weighted by Gasteiger charge is -2.31. The molecule has 0 spiro atoms. The Bertz CT molecular complexity index is 662. The lowest BCUT2D eigenvalue weighted by Crippen LogP contribution is -2.38. The van der Waals surface area contributed by atoms with Crippen LogP contribution in [0.1, 0.15) is 46.3 Å². The van der Waals surface area contributed by atoms with Crippen LogP contribution in [-0.2, 0) is 6.54 Å². The molecule has 23 heavy (non-hydrogen) atoms. The maximum atomic E-state index is 12.5. The van der Waals surface area contributed by atoms with Crippen molar-refractivity contribution in [2.24, 2.45) is 0 Å². The quantitative estimate of drug-likeness (QED) is 0.937. The summed E-state index contributed by atoms with van der Waals surface area (Å²) in [6, 6.07) is 3.83. The Kier molecular flexibility index (Phi) is 4.52. The van der Waals surface area contributed by atoms with Crippen LogP contribution < -0.4 is 0 Å². The van der Waals surface area contributed by atoms with Crippen molar-refractivity contribution in [1.29, 1.82) is 0 Å². The fourth-order valence-corrected chi connectivity index (χ4v) is 3.18. The van der Waals surface area contributed by atoms with Crippen molar-refractivity contribution in [3.63, 3.8) is 0 Å².